The van der Waals surface area contributed by atoms with Crippen LogP contribution in [0.2, 0.25) is 0 Å². The van der Waals surface area contributed by atoms with E-state index in [1.807, 2.05) is 0 Å². The van der Waals surface area contributed by atoms with Crippen molar-refractivity contribution < 1.29 is 14.4 Å². The number of amides is 3. The van der Waals surface area contributed by atoms with Crippen molar-refractivity contribution >= 4 is 17.7 Å². The lowest BCUT2D eigenvalue weighted by Crippen LogP contribution is -2.59. The average molecular weight is 239 g/mol. The molecule has 0 saturated heterocycles. The van der Waals surface area contributed by atoms with E-state index >= 15 is 0 Å². The van der Waals surface area contributed by atoms with Crippen molar-refractivity contribution in [1.82, 2.24) is 10.2 Å². The van der Waals surface area contributed by atoms with E-state index in [1.165, 1.54) is 0 Å². The number of nitrogens with zero attached hydrogens (tertiary/aromatic N) is 1. The second kappa shape index (κ2) is 4.67. The van der Waals surface area contributed by atoms with Gasteiger partial charge < -0.3 is 11.1 Å². The Hall–Kier alpha value is -1.69. The Balaban J connectivity index is 2.88. The smallest absolute Gasteiger partial charge is 0.254 e. The lowest BCUT2D eigenvalue weighted by Gasteiger charge is -2.35. The lowest BCUT2D eigenvalue weighted by molar-refractivity contribution is -0.145. The maximum atomic E-state index is 11.8. The van der Waals surface area contributed by atoms with Crippen LogP contribution in [0.25, 0.3) is 0 Å². The number of nitrogens with two attached hydrogens (primary N) is 1. The first-order valence-electron chi connectivity index (χ1n) is 5.41. The summed E-state index contributed by atoms with van der Waals surface area (Å²) in [6, 6.07) is 0. The summed E-state index contributed by atoms with van der Waals surface area (Å²) in [6.07, 6.45) is 1.32. The Morgan fingerprint density at radius 2 is 1.88 bits per heavy atom. The summed E-state index contributed by atoms with van der Waals surface area (Å²) < 4.78 is 0. The number of carbonyl (C=O) groups excluding carboxylic acids is 3. The van der Waals surface area contributed by atoms with Crippen molar-refractivity contribution in [3.8, 4) is 0 Å². The van der Waals surface area contributed by atoms with Gasteiger partial charge in [-0.3, -0.25) is 19.3 Å². The molecule has 0 spiro atoms. The predicted molar refractivity (Wildman–Crippen MR) is 61.4 cm³/mol. The summed E-state index contributed by atoms with van der Waals surface area (Å²) >= 11 is 0. The highest BCUT2D eigenvalue weighted by Gasteiger charge is 2.42. The number of carbonyl (C=O) groups is 3. The van der Waals surface area contributed by atoms with Crippen molar-refractivity contribution in [2.45, 2.75) is 26.9 Å². The largest absolute Gasteiger partial charge is 0.356 e. The minimum atomic E-state index is -1.03. The van der Waals surface area contributed by atoms with Crippen LogP contribution in [-0.2, 0) is 14.4 Å². The molecular weight excluding hydrogens is 222 g/mol. The molecule has 1 aliphatic heterocycles. The van der Waals surface area contributed by atoms with Gasteiger partial charge in [0.05, 0.1) is 5.41 Å². The Kier molecular flexibility index (Phi) is 3.67. The fourth-order valence-electron chi connectivity index (χ4n) is 1.53. The van der Waals surface area contributed by atoms with Crippen LogP contribution in [0.1, 0.15) is 20.8 Å². The first-order valence-corrected chi connectivity index (χ1v) is 5.41. The van der Waals surface area contributed by atoms with E-state index in [9.17, 15) is 14.4 Å². The van der Waals surface area contributed by atoms with Crippen LogP contribution >= 0.6 is 0 Å². The molecular formula is C11H17N3O3. The fraction of sp³-hybridized carbons (Fsp3) is 0.545. The summed E-state index contributed by atoms with van der Waals surface area (Å²) in [5, 5.41) is 2.63. The van der Waals surface area contributed by atoms with E-state index < -0.39 is 23.4 Å². The van der Waals surface area contributed by atoms with Crippen molar-refractivity contribution in [2.24, 2.45) is 11.1 Å². The van der Waals surface area contributed by atoms with Crippen molar-refractivity contribution in [1.29, 1.82) is 0 Å². The third kappa shape index (κ3) is 2.36. The number of rotatable bonds is 4. The van der Waals surface area contributed by atoms with Crippen molar-refractivity contribution in [3.63, 3.8) is 0 Å². The number of nitrogens with one attached hydrogen (secondary N) is 1. The molecule has 94 valence electrons. The van der Waals surface area contributed by atoms with Gasteiger partial charge in [-0.25, -0.2) is 0 Å². The molecule has 0 saturated carbocycles. The van der Waals surface area contributed by atoms with E-state index in [4.69, 9.17) is 5.73 Å². The minimum Gasteiger partial charge on any atom is -0.356 e. The first-order chi connectivity index (χ1) is 7.82. The van der Waals surface area contributed by atoms with Gasteiger partial charge in [0.25, 0.3) is 11.8 Å². The van der Waals surface area contributed by atoms with Gasteiger partial charge in [0.1, 0.15) is 6.17 Å². The van der Waals surface area contributed by atoms with Crippen molar-refractivity contribution in [3.05, 3.63) is 12.2 Å². The molecule has 3 N–H and O–H groups in total. The molecule has 6 nitrogen and oxygen atoms in total. The van der Waals surface area contributed by atoms with Crippen LogP contribution in [0.5, 0.6) is 0 Å². The van der Waals surface area contributed by atoms with Crippen LogP contribution in [-0.4, -0.2) is 35.3 Å². The topological polar surface area (TPSA) is 92.5 Å². The van der Waals surface area contributed by atoms with E-state index in [1.54, 1.807) is 20.8 Å². The van der Waals surface area contributed by atoms with E-state index in [0.717, 1.165) is 17.1 Å². The Morgan fingerprint density at radius 1 is 1.41 bits per heavy atom. The van der Waals surface area contributed by atoms with E-state index in [0.29, 0.717) is 6.54 Å². The summed E-state index contributed by atoms with van der Waals surface area (Å²) in [5.41, 5.74) is 4.82. The Bertz CT molecular complexity index is 369. The summed E-state index contributed by atoms with van der Waals surface area (Å²) in [5.74, 6) is -1.26. The average Bonchev–Trinajstić information content (AvgIpc) is 2.58. The number of hydrogen-bond acceptors (Lipinski definition) is 4. The maximum absolute atomic E-state index is 11.8. The predicted octanol–water partition coefficient (Wildman–Crippen LogP) is -0.641. The Labute approximate surface area is 99.8 Å². The highest BCUT2D eigenvalue weighted by atomic mass is 16.2. The zero-order chi connectivity index (χ0) is 13.2. The summed E-state index contributed by atoms with van der Waals surface area (Å²) in [6.45, 7) is 5.45. The van der Waals surface area contributed by atoms with Gasteiger partial charge in [0.15, 0.2) is 0 Å². The third-order valence-corrected chi connectivity index (χ3v) is 2.78. The van der Waals surface area contributed by atoms with E-state index in [2.05, 4.69) is 5.32 Å². The van der Waals surface area contributed by atoms with Gasteiger partial charge in [0.2, 0.25) is 5.91 Å². The van der Waals surface area contributed by atoms with Crippen LogP contribution in [0.3, 0.4) is 0 Å². The molecule has 3 amide bonds. The van der Waals surface area contributed by atoms with E-state index in [-0.39, 0.29) is 5.91 Å². The van der Waals surface area contributed by atoms with Crippen LogP contribution in [0, 0.1) is 5.41 Å². The SMILES string of the molecule is CCNC(=O)C(C)(C)C(N)N1C(=O)C=CC1=O. The molecule has 1 unspecified atom stereocenters. The molecule has 0 aromatic heterocycles. The highest BCUT2D eigenvalue weighted by Crippen LogP contribution is 2.24. The zero-order valence-electron chi connectivity index (χ0n) is 10.2. The summed E-state index contributed by atoms with van der Waals surface area (Å²) in [4.78, 5) is 35.6. The zero-order valence-corrected chi connectivity index (χ0v) is 10.2. The van der Waals surface area contributed by atoms with Crippen molar-refractivity contribution in [2.75, 3.05) is 6.54 Å². The molecule has 17 heavy (non-hydrogen) atoms. The molecule has 6 heteroatoms. The lowest BCUT2D eigenvalue weighted by atomic mass is 9.87. The molecule has 0 aromatic rings. The molecule has 0 aromatic carbocycles. The van der Waals surface area contributed by atoms with Gasteiger partial charge >= 0.3 is 0 Å². The fourth-order valence-corrected chi connectivity index (χ4v) is 1.53. The summed E-state index contributed by atoms with van der Waals surface area (Å²) in [7, 11) is 0. The molecule has 0 bridgehead atoms. The molecule has 1 atom stereocenters. The Morgan fingerprint density at radius 3 is 2.29 bits per heavy atom. The van der Waals surface area contributed by atoms with Crippen LogP contribution in [0.15, 0.2) is 12.2 Å². The van der Waals surface area contributed by atoms with Gasteiger partial charge in [-0.05, 0) is 20.8 Å². The van der Waals surface area contributed by atoms with Gasteiger partial charge in [0, 0.05) is 18.7 Å². The number of hydrogen-bond donors (Lipinski definition) is 2. The monoisotopic (exact) mass is 239 g/mol. The maximum Gasteiger partial charge on any atom is 0.254 e. The third-order valence-electron chi connectivity index (χ3n) is 2.78. The molecule has 1 aliphatic rings. The van der Waals surface area contributed by atoms with Gasteiger partial charge in [-0.2, -0.15) is 0 Å². The molecule has 0 radical (unpaired) electrons. The van der Waals surface area contributed by atoms with Gasteiger partial charge in [-0.1, -0.05) is 0 Å². The highest BCUT2D eigenvalue weighted by molar-refractivity contribution is 6.13. The quantitative estimate of drug-likeness (QED) is 0.638. The molecule has 1 heterocycles. The van der Waals surface area contributed by atoms with Crippen LogP contribution in [0.4, 0.5) is 0 Å². The standard InChI is InChI=1S/C11H17N3O3/c1-4-13-10(17)11(2,3)9(12)14-7(15)5-6-8(14)16/h5-6,9H,4,12H2,1-3H3,(H,13,17). The molecule has 0 fully saturated rings. The molecule has 1 rings (SSSR count). The van der Waals surface area contributed by atoms with Crippen LogP contribution < -0.4 is 11.1 Å². The number of imide groups is 1. The minimum absolute atomic E-state index is 0.292. The normalized spacial score (nSPS) is 17.5. The molecule has 0 aliphatic carbocycles. The first kappa shape index (κ1) is 13.4. The second-order valence-corrected chi connectivity index (χ2v) is 4.41. The van der Waals surface area contributed by atoms with Gasteiger partial charge in [-0.15, -0.1) is 0 Å². The second-order valence-electron chi connectivity index (χ2n) is 4.41.